The van der Waals surface area contributed by atoms with Gasteiger partial charge < -0.3 is 0 Å². The molecule has 0 fully saturated rings. The van der Waals surface area contributed by atoms with E-state index in [0.29, 0.717) is 0 Å². The zero-order valence-electron chi connectivity index (χ0n) is 11.2. The van der Waals surface area contributed by atoms with Gasteiger partial charge in [0, 0.05) is 10.9 Å². The molecule has 2 aromatic carbocycles. The Balaban J connectivity index is 2.04. The maximum absolute atomic E-state index is 4.81. The highest BCUT2D eigenvalue weighted by Gasteiger charge is 2.11. The van der Waals surface area contributed by atoms with Crippen molar-refractivity contribution < 1.29 is 0 Å². The van der Waals surface area contributed by atoms with Crippen molar-refractivity contribution in [2.24, 2.45) is 0 Å². The third-order valence-corrected chi connectivity index (χ3v) is 4.26. The average Bonchev–Trinajstić information content (AvgIpc) is 3.09. The first-order valence-corrected chi connectivity index (χ1v) is 7.66. The van der Waals surface area contributed by atoms with Crippen LogP contribution in [0.3, 0.4) is 0 Å². The molecule has 0 saturated heterocycles. The van der Waals surface area contributed by atoms with Crippen LogP contribution in [0.1, 0.15) is 0 Å². The SMILES string of the molecule is c1ccc(-c2nc(-c3cccs3)nc3ccccc23)cc1. The van der Waals surface area contributed by atoms with Crippen LogP contribution < -0.4 is 0 Å². The van der Waals surface area contributed by atoms with Crippen molar-refractivity contribution in [3.8, 4) is 22.0 Å². The van der Waals surface area contributed by atoms with Gasteiger partial charge in [-0.1, -0.05) is 54.6 Å². The van der Waals surface area contributed by atoms with Gasteiger partial charge in [0.1, 0.15) is 0 Å². The van der Waals surface area contributed by atoms with Crippen LogP contribution in [0.15, 0.2) is 72.1 Å². The zero-order chi connectivity index (χ0) is 14.1. The third kappa shape index (κ3) is 2.22. The number of aromatic nitrogens is 2. The number of rotatable bonds is 2. The fraction of sp³-hybridized carbons (Fsp3) is 0. The standard InChI is InChI=1S/C18H12N2S/c1-2-7-13(8-3-1)17-14-9-4-5-10-15(14)19-18(20-17)16-11-6-12-21-16/h1-12H. The first-order valence-electron chi connectivity index (χ1n) is 6.78. The zero-order valence-corrected chi connectivity index (χ0v) is 12.0. The highest BCUT2D eigenvalue weighted by molar-refractivity contribution is 7.13. The Morgan fingerprint density at radius 1 is 0.714 bits per heavy atom. The summed E-state index contributed by atoms with van der Waals surface area (Å²) < 4.78 is 0. The van der Waals surface area contributed by atoms with E-state index in [1.807, 2.05) is 42.5 Å². The van der Waals surface area contributed by atoms with E-state index >= 15 is 0 Å². The topological polar surface area (TPSA) is 25.8 Å². The predicted molar refractivity (Wildman–Crippen MR) is 88.3 cm³/mol. The minimum absolute atomic E-state index is 0.794. The summed E-state index contributed by atoms with van der Waals surface area (Å²) >= 11 is 1.66. The first-order chi connectivity index (χ1) is 10.4. The summed E-state index contributed by atoms with van der Waals surface area (Å²) in [6.45, 7) is 0. The number of nitrogens with zero attached hydrogens (tertiary/aromatic N) is 2. The second-order valence-electron chi connectivity index (χ2n) is 4.76. The fourth-order valence-electron chi connectivity index (χ4n) is 2.41. The molecule has 0 aliphatic carbocycles. The van der Waals surface area contributed by atoms with Gasteiger partial charge in [0.05, 0.1) is 16.1 Å². The van der Waals surface area contributed by atoms with E-state index in [1.54, 1.807) is 11.3 Å². The van der Waals surface area contributed by atoms with Gasteiger partial charge in [0.25, 0.3) is 0 Å². The van der Waals surface area contributed by atoms with Crippen LogP contribution in [-0.4, -0.2) is 9.97 Å². The van der Waals surface area contributed by atoms with Gasteiger partial charge in [-0.2, -0.15) is 0 Å². The minimum Gasteiger partial charge on any atom is -0.227 e. The van der Waals surface area contributed by atoms with Crippen molar-refractivity contribution in [1.29, 1.82) is 0 Å². The smallest absolute Gasteiger partial charge is 0.170 e. The molecule has 2 aromatic heterocycles. The average molecular weight is 288 g/mol. The molecule has 0 saturated carbocycles. The van der Waals surface area contributed by atoms with Crippen LogP contribution in [0.5, 0.6) is 0 Å². The van der Waals surface area contributed by atoms with Crippen molar-refractivity contribution in [3.63, 3.8) is 0 Å². The summed E-state index contributed by atoms with van der Waals surface area (Å²) in [6.07, 6.45) is 0. The number of hydrogen-bond donors (Lipinski definition) is 0. The highest BCUT2D eigenvalue weighted by Crippen LogP contribution is 2.30. The van der Waals surface area contributed by atoms with Gasteiger partial charge in [-0.25, -0.2) is 9.97 Å². The Labute approximate surface area is 126 Å². The van der Waals surface area contributed by atoms with Crippen molar-refractivity contribution in [2.45, 2.75) is 0 Å². The van der Waals surface area contributed by atoms with E-state index in [1.165, 1.54) is 0 Å². The Bertz CT molecular complexity index is 884. The number of fused-ring (bicyclic) bond motifs is 1. The molecule has 0 N–H and O–H groups in total. The number of benzene rings is 2. The predicted octanol–water partition coefficient (Wildman–Crippen LogP) is 5.03. The van der Waals surface area contributed by atoms with Crippen LogP contribution >= 0.6 is 11.3 Å². The van der Waals surface area contributed by atoms with Crippen LogP contribution in [0.2, 0.25) is 0 Å². The van der Waals surface area contributed by atoms with Crippen molar-refractivity contribution >= 4 is 22.2 Å². The molecular formula is C18H12N2S. The molecule has 0 aliphatic heterocycles. The Morgan fingerprint density at radius 3 is 2.33 bits per heavy atom. The van der Waals surface area contributed by atoms with E-state index < -0.39 is 0 Å². The van der Waals surface area contributed by atoms with Gasteiger partial charge in [0.15, 0.2) is 5.82 Å². The maximum Gasteiger partial charge on any atom is 0.170 e. The molecule has 0 atom stereocenters. The molecule has 3 heteroatoms. The number of thiophene rings is 1. The summed E-state index contributed by atoms with van der Waals surface area (Å²) in [5.41, 5.74) is 3.09. The molecule has 21 heavy (non-hydrogen) atoms. The number of hydrogen-bond acceptors (Lipinski definition) is 3. The monoisotopic (exact) mass is 288 g/mol. The van der Waals surface area contributed by atoms with Gasteiger partial charge in [-0.3, -0.25) is 0 Å². The van der Waals surface area contributed by atoms with Crippen molar-refractivity contribution in [3.05, 3.63) is 72.1 Å². The largest absolute Gasteiger partial charge is 0.227 e. The molecule has 2 heterocycles. The quantitative estimate of drug-likeness (QED) is 0.517. The van der Waals surface area contributed by atoms with E-state index in [-0.39, 0.29) is 0 Å². The van der Waals surface area contributed by atoms with E-state index in [2.05, 4.69) is 29.6 Å². The summed E-state index contributed by atoms with van der Waals surface area (Å²) in [7, 11) is 0. The van der Waals surface area contributed by atoms with Crippen molar-refractivity contribution in [1.82, 2.24) is 9.97 Å². The van der Waals surface area contributed by atoms with E-state index in [9.17, 15) is 0 Å². The minimum atomic E-state index is 0.794. The Kier molecular flexibility index (Phi) is 2.98. The fourth-order valence-corrected chi connectivity index (χ4v) is 3.07. The van der Waals surface area contributed by atoms with Crippen LogP contribution in [0.25, 0.3) is 32.9 Å². The van der Waals surface area contributed by atoms with E-state index in [0.717, 1.165) is 32.9 Å². The number of para-hydroxylation sites is 1. The first kappa shape index (κ1) is 12.2. The summed E-state index contributed by atoms with van der Waals surface area (Å²) in [6, 6.07) is 22.5. The summed E-state index contributed by atoms with van der Waals surface area (Å²) in [4.78, 5) is 10.6. The second-order valence-corrected chi connectivity index (χ2v) is 5.70. The molecular weight excluding hydrogens is 276 g/mol. The van der Waals surface area contributed by atoms with Gasteiger partial charge >= 0.3 is 0 Å². The van der Waals surface area contributed by atoms with Gasteiger partial charge in [-0.15, -0.1) is 11.3 Å². The van der Waals surface area contributed by atoms with Gasteiger partial charge in [0.2, 0.25) is 0 Å². The van der Waals surface area contributed by atoms with Crippen molar-refractivity contribution in [2.75, 3.05) is 0 Å². The van der Waals surface area contributed by atoms with Crippen LogP contribution in [0.4, 0.5) is 0 Å². The molecule has 100 valence electrons. The Hall–Kier alpha value is -2.52. The molecule has 2 nitrogen and oxygen atoms in total. The molecule has 4 rings (SSSR count). The third-order valence-electron chi connectivity index (χ3n) is 3.39. The molecule has 0 bridgehead atoms. The Morgan fingerprint density at radius 2 is 1.52 bits per heavy atom. The second kappa shape index (κ2) is 5.11. The highest BCUT2D eigenvalue weighted by atomic mass is 32.1. The van der Waals surface area contributed by atoms with Crippen LogP contribution in [0, 0.1) is 0 Å². The van der Waals surface area contributed by atoms with E-state index in [4.69, 9.17) is 9.97 Å². The molecule has 0 unspecified atom stereocenters. The normalized spacial score (nSPS) is 10.9. The summed E-state index contributed by atoms with van der Waals surface area (Å²) in [5.74, 6) is 0.794. The lowest BCUT2D eigenvalue weighted by Crippen LogP contribution is -1.93. The molecule has 0 spiro atoms. The summed E-state index contributed by atoms with van der Waals surface area (Å²) in [5, 5.41) is 3.14. The molecule has 4 aromatic rings. The molecule has 0 aliphatic rings. The molecule has 0 radical (unpaired) electrons. The molecule has 0 amide bonds. The maximum atomic E-state index is 4.81. The lowest BCUT2D eigenvalue weighted by molar-refractivity contribution is 1.24. The van der Waals surface area contributed by atoms with Crippen LogP contribution in [-0.2, 0) is 0 Å². The lowest BCUT2D eigenvalue weighted by Gasteiger charge is -2.08. The lowest BCUT2D eigenvalue weighted by atomic mass is 10.1. The van der Waals surface area contributed by atoms with Gasteiger partial charge in [-0.05, 0) is 17.5 Å².